The van der Waals surface area contributed by atoms with Crippen LogP contribution in [0.4, 0.5) is 0 Å². The molecule has 0 N–H and O–H groups in total. The number of carbonyl (C=O) groups is 1. The van der Waals surface area contributed by atoms with Crippen LogP contribution in [0.1, 0.15) is 5.76 Å². The van der Waals surface area contributed by atoms with Crippen LogP contribution in [0.5, 0.6) is 5.75 Å². The van der Waals surface area contributed by atoms with Crippen molar-refractivity contribution in [1.82, 2.24) is 0 Å². The molecule has 0 atom stereocenters. The second kappa shape index (κ2) is 7.06. The van der Waals surface area contributed by atoms with E-state index in [9.17, 15) is 4.79 Å². The second-order valence-electron chi connectivity index (χ2n) is 3.68. The Kier molecular flexibility index (Phi) is 4.81. The van der Waals surface area contributed by atoms with Gasteiger partial charge in [0.15, 0.2) is 0 Å². The maximum atomic E-state index is 11.3. The first-order valence-corrected chi connectivity index (χ1v) is 5.91. The SMILES string of the molecule is O=C(/C=C/c1ccco1)OCCOc1ccccc1. The van der Waals surface area contributed by atoms with Crippen molar-refractivity contribution in [2.24, 2.45) is 0 Å². The molecule has 0 aliphatic carbocycles. The molecule has 0 saturated carbocycles. The van der Waals surface area contributed by atoms with Gasteiger partial charge >= 0.3 is 5.97 Å². The normalized spacial score (nSPS) is 10.5. The summed E-state index contributed by atoms with van der Waals surface area (Å²) in [6.07, 6.45) is 4.42. The number of furan rings is 1. The van der Waals surface area contributed by atoms with E-state index in [4.69, 9.17) is 13.9 Å². The molecule has 2 rings (SSSR count). The molecule has 2 aromatic rings. The van der Waals surface area contributed by atoms with E-state index in [-0.39, 0.29) is 6.61 Å². The van der Waals surface area contributed by atoms with Gasteiger partial charge in [-0.15, -0.1) is 0 Å². The van der Waals surface area contributed by atoms with Crippen LogP contribution in [0.15, 0.2) is 59.2 Å². The van der Waals surface area contributed by atoms with Crippen LogP contribution in [0.2, 0.25) is 0 Å². The van der Waals surface area contributed by atoms with E-state index in [2.05, 4.69) is 0 Å². The Balaban J connectivity index is 1.64. The molecule has 98 valence electrons. The molecular formula is C15H14O4. The van der Waals surface area contributed by atoms with Gasteiger partial charge in [-0.3, -0.25) is 0 Å². The number of benzene rings is 1. The van der Waals surface area contributed by atoms with E-state index in [0.717, 1.165) is 5.75 Å². The van der Waals surface area contributed by atoms with Gasteiger partial charge in [0.1, 0.15) is 24.7 Å². The number of ether oxygens (including phenoxy) is 2. The monoisotopic (exact) mass is 258 g/mol. The Bertz CT molecular complexity index is 514. The van der Waals surface area contributed by atoms with Gasteiger partial charge in [-0.25, -0.2) is 4.79 Å². The second-order valence-corrected chi connectivity index (χ2v) is 3.68. The van der Waals surface area contributed by atoms with Gasteiger partial charge in [0.25, 0.3) is 0 Å². The van der Waals surface area contributed by atoms with Crippen LogP contribution in [0.3, 0.4) is 0 Å². The van der Waals surface area contributed by atoms with Crippen LogP contribution < -0.4 is 4.74 Å². The third-order valence-corrected chi connectivity index (χ3v) is 2.27. The summed E-state index contributed by atoms with van der Waals surface area (Å²) in [7, 11) is 0. The Labute approximate surface area is 111 Å². The Morgan fingerprint density at radius 2 is 1.95 bits per heavy atom. The summed E-state index contributed by atoms with van der Waals surface area (Å²) in [6, 6.07) is 12.9. The number of hydrogen-bond donors (Lipinski definition) is 0. The van der Waals surface area contributed by atoms with Crippen LogP contribution >= 0.6 is 0 Å². The van der Waals surface area contributed by atoms with Crippen LogP contribution in [0, 0.1) is 0 Å². The lowest BCUT2D eigenvalue weighted by molar-refractivity contribution is -0.138. The van der Waals surface area contributed by atoms with E-state index in [1.165, 1.54) is 6.08 Å². The quantitative estimate of drug-likeness (QED) is 0.454. The van der Waals surface area contributed by atoms with Crippen molar-refractivity contribution >= 4 is 12.0 Å². The van der Waals surface area contributed by atoms with Crippen LogP contribution in [-0.2, 0) is 9.53 Å². The molecule has 0 spiro atoms. The predicted molar refractivity (Wildman–Crippen MR) is 70.6 cm³/mol. The van der Waals surface area contributed by atoms with Gasteiger partial charge in [0.05, 0.1) is 6.26 Å². The highest BCUT2D eigenvalue weighted by Crippen LogP contribution is 2.07. The molecule has 0 bridgehead atoms. The van der Waals surface area contributed by atoms with Crippen molar-refractivity contribution in [2.45, 2.75) is 0 Å². The van der Waals surface area contributed by atoms with Crippen molar-refractivity contribution in [3.05, 3.63) is 60.6 Å². The fraction of sp³-hybridized carbons (Fsp3) is 0.133. The predicted octanol–water partition coefficient (Wildman–Crippen LogP) is 2.92. The molecule has 19 heavy (non-hydrogen) atoms. The van der Waals surface area contributed by atoms with E-state index in [0.29, 0.717) is 12.4 Å². The fourth-order valence-electron chi connectivity index (χ4n) is 1.40. The molecule has 4 nitrogen and oxygen atoms in total. The van der Waals surface area contributed by atoms with E-state index < -0.39 is 5.97 Å². The summed E-state index contributed by atoms with van der Waals surface area (Å²) < 4.78 is 15.4. The lowest BCUT2D eigenvalue weighted by Gasteiger charge is -2.05. The standard InChI is InChI=1S/C15H14O4/c16-15(9-8-14-7-4-10-17-14)19-12-11-18-13-5-2-1-3-6-13/h1-10H,11-12H2/b9-8+. The maximum absolute atomic E-state index is 11.3. The smallest absolute Gasteiger partial charge is 0.331 e. The molecule has 1 aromatic heterocycles. The first-order chi connectivity index (χ1) is 9.34. The van der Waals surface area contributed by atoms with Crippen molar-refractivity contribution in [3.63, 3.8) is 0 Å². The van der Waals surface area contributed by atoms with Gasteiger partial charge in [0, 0.05) is 6.08 Å². The zero-order chi connectivity index (χ0) is 13.3. The highest BCUT2D eigenvalue weighted by atomic mass is 16.6. The molecule has 0 fully saturated rings. The summed E-state index contributed by atoms with van der Waals surface area (Å²) in [5.41, 5.74) is 0. The van der Waals surface area contributed by atoms with Crippen LogP contribution in [0.25, 0.3) is 6.08 Å². The summed E-state index contributed by atoms with van der Waals surface area (Å²) in [4.78, 5) is 11.3. The molecule has 0 unspecified atom stereocenters. The summed E-state index contributed by atoms with van der Waals surface area (Å²) in [5.74, 6) is 0.940. The summed E-state index contributed by atoms with van der Waals surface area (Å²) in [6.45, 7) is 0.528. The maximum Gasteiger partial charge on any atom is 0.331 e. The molecular weight excluding hydrogens is 244 g/mol. The Morgan fingerprint density at radius 3 is 2.68 bits per heavy atom. The molecule has 0 radical (unpaired) electrons. The molecule has 1 aromatic carbocycles. The number of hydrogen-bond acceptors (Lipinski definition) is 4. The first-order valence-electron chi connectivity index (χ1n) is 5.91. The zero-order valence-corrected chi connectivity index (χ0v) is 10.3. The number of rotatable bonds is 6. The Hall–Kier alpha value is -2.49. The van der Waals surface area contributed by atoms with Crippen molar-refractivity contribution < 1.29 is 18.7 Å². The molecule has 0 amide bonds. The third-order valence-electron chi connectivity index (χ3n) is 2.27. The lowest BCUT2D eigenvalue weighted by Crippen LogP contribution is -2.10. The largest absolute Gasteiger partial charge is 0.490 e. The number of esters is 1. The number of para-hydroxylation sites is 1. The Morgan fingerprint density at radius 1 is 1.11 bits per heavy atom. The van der Waals surface area contributed by atoms with E-state index >= 15 is 0 Å². The topological polar surface area (TPSA) is 48.7 Å². The van der Waals surface area contributed by atoms with E-state index in [1.807, 2.05) is 30.3 Å². The fourth-order valence-corrected chi connectivity index (χ4v) is 1.40. The van der Waals surface area contributed by atoms with Crippen LogP contribution in [-0.4, -0.2) is 19.2 Å². The molecule has 4 heteroatoms. The van der Waals surface area contributed by atoms with Crippen molar-refractivity contribution in [2.75, 3.05) is 13.2 Å². The van der Waals surface area contributed by atoms with Crippen molar-refractivity contribution in [1.29, 1.82) is 0 Å². The molecule has 1 heterocycles. The van der Waals surface area contributed by atoms with Crippen molar-refractivity contribution in [3.8, 4) is 5.75 Å². The highest BCUT2D eigenvalue weighted by molar-refractivity contribution is 5.86. The van der Waals surface area contributed by atoms with Gasteiger partial charge < -0.3 is 13.9 Å². The minimum Gasteiger partial charge on any atom is -0.490 e. The zero-order valence-electron chi connectivity index (χ0n) is 10.3. The minimum absolute atomic E-state index is 0.205. The number of carbonyl (C=O) groups excluding carboxylic acids is 1. The van der Waals surface area contributed by atoms with Gasteiger partial charge in [-0.1, -0.05) is 18.2 Å². The van der Waals surface area contributed by atoms with Gasteiger partial charge in [-0.05, 0) is 30.3 Å². The average Bonchev–Trinajstić information content (AvgIpc) is 2.96. The average molecular weight is 258 g/mol. The molecule has 0 aliphatic rings. The lowest BCUT2D eigenvalue weighted by atomic mass is 10.3. The minimum atomic E-state index is -0.423. The summed E-state index contributed by atoms with van der Waals surface area (Å²) in [5, 5.41) is 0. The van der Waals surface area contributed by atoms with Gasteiger partial charge in [0.2, 0.25) is 0 Å². The van der Waals surface area contributed by atoms with E-state index in [1.54, 1.807) is 24.5 Å². The first kappa shape index (κ1) is 13.0. The molecule has 0 saturated heterocycles. The van der Waals surface area contributed by atoms with Gasteiger partial charge in [-0.2, -0.15) is 0 Å². The summed E-state index contributed by atoms with van der Waals surface area (Å²) >= 11 is 0. The highest BCUT2D eigenvalue weighted by Gasteiger charge is 1.98. The third kappa shape index (κ3) is 4.71. The molecule has 0 aliphatic heterocycles.